The van der Waals surface area contributed by atoms with E-state index in [9.17, 15) is 19.5 Å². The van der Waals surface area contributed by atoms with Crippen LogP contribution < -0.4 is 5.32 Å². The lowest BCUT2D eigenvalue weighted by Crippen LogP contribution is -2.62. The predicted octanol–water partition coefficient (Wildman–Crippen LogP) is 3.05. The number of ether oxygens (including phenoxy) is 2. The molecule has 35 heavy (non-hydrogen) atoms. The third-order valence-corrected chi connectivity index (χ3v) is 8.28. The molecule has 8 nitrogen and oxygen atoms in total. The van der Waals surface area contributed by atoms with Crippen LogP contribution in [0.25, 0.3) is 0 Å². The second kappa shape index (κ2) is 9.33. The number of aliphatic hydroxyl groups excluding tert-OH is 1. The van der Waals surface area contributed by atoms with Gasteiger partial charge in [-0.3, -0.25) is 14.4 Å². The van der Waals surface area contributed by atoms with E-state index in [1.807, 2.05) is 34.6 Å². The first-order chi connectivity index (χ1) is 16.1. The number of nitrogens with zero attached hydrogens (tertiary/aromatic N) is 1. The largest absolute Gasteiger partial charge is 0.466 e. The highest BCUT2D eigenvalue weighted by atomic mass is 16.6. The Hall–Kier alpha value is -1.67. The molecule has 3 heterocycles. The second-order valence-corrected chi connectivity index (χ2v) is 13.0. The lowest BCUT2D eigenvalue weighted by molar-refractivity contribution is -0.161. The number of fused-ring (bicyclic) bond motifs is 1. The molecule has 0 aromatic heterocycles. The van der Waals surface area contributed by atoms with Crippen molar-refractivity contribution in [2.45, 2.75) is 117 Å². The van der Waals surface area contributed by atoms with Gasteiger partial charge in [-0.25, -0.2) is 0 Å². The number of rotatable bonds is 9. The number of likely N-dealkylation sites (tertiary alicyclic amines) is 1. The quantitative estimate of drug-likeness (QED) is 0.478. The summed E-state index contributed by atoms with van der Waals surface area (Å²) in [4.78, 5) is 42.8. The molecule has 3 saturated heterocycles. The number of nitrogens with one attached hydrogen (secondary N) is 1. The van der Waals surface area contributed by atoms with Crippen LogP contribution in [0.1, 0.15) is 88.0 Å². The maximum atomic E-state index is 14.1. The molecule has 0 aliphatic carbocycles. The summed E-state index contributed by atoms with van der Waals surface area (Å²) in [5.74, 6) is -2.65. The fourth-order valence-corrected chi connectivity index (χ4v) is 7.20. The summed E-state index contributed by atoms with van der Waals surface area (Å²) >= 11 is 0. The van der Waals surface area contributed by atoms with Crippen LogP contribution in [0.15, 0.2) is 0 Å². The van der Waals surface area contributed by atoms with E-state index in [0.717, 1.165) is 12.8 Å². The van der Waals surface area contributed by atoms with Gasteiger partial charge in [0, 0.05) is 5.54 Å². The molecule has 7 atom stereocenters. The Kier molecular flexibility index (Phi) is 7.44. The average Bonchev–Trinajstić information content (AvgIpc) is 3.27. The lowest BCUT2D eigenvalue weighted by Gasteiger charge is -2.41. The molecule has 8 heteroatoms. The predicted molar refractivity (Wildman–Crippen MR) is 132 cm³/mol. The van der Waals surface area contributed by atoms with Crippen molar-refractivity contribution in [2.24, 2.45) is 23.2 Å². The van der Waals surface area contributed by atoms with Gasteiger partial charge >= 0.3 is 5.97 Å². The number of carbonyl (C=O) groups excluding carboxylic acids is 3. The smallest absolute Gasteiger partial charge is 0.312 e. The summed E-state index contributed by atoms with van der Waals surface area (Å²) in [6.07, 6.45) is 2.54. The van der Waals surface area contributed by atoms with E-state index in [1.54, 1.807) is 11.8 Å². The van der Waals surface area contributed by atoms with Crippen molar-refractivity contribution < 1.29 is 29.0 Å². The Balaban J connectivity index is 2.09. The maximum Gasteiger partial charge on any atom is 0.312 e. The van der Waals surface area contributed by atoms with Gasteiger partial charge < -0.3 is 24.8 Å². The van der Waals surface area contributed by atoms with Crippen LogP contribution in [0.4, 0.5) is 0 Å². The zero-order valence-corrected chi connectivity index (χ0v) is 23.1. The van der Waals surface area contributed by atoms with Crippen LogP contribution in [0.5, 0.6) is 0 Å². The molecule has 1 spiro atoms. The first kappa shape index (κ1) is 27.9. The number of hydrogen-bond donors (Lipinski definition) is 2. The van der Waals surface area contributed by atoms with Crippen LogP contribution in [-0.2, 0) is 23.9 Å². The van der Waals surface area contributed by atoms with Gasteiger partial charge in [-0.2, -0.15) is 0 Å². The second-order valence-electron chi connectivity index (χ2n) is 13.0. The van der Waals surface area contributed by atoms with Crippen LogP contribution in [0.3, 0.4) is 0 Å². The minimum absolute atomic E-state index is 0.0159. The van der Waals surface area contributed by atoms with Gasteiger partial charge in [0.15, 0.2) is 0 Å². The molecular weight excluding hydrogens is 448 g/mol. The molecular formula is C27H46N2O6. The van der Waals surface area contributed by atoms with Gasteiger partial charge in [0.2, 0.25) is 11.8 Å². The van der Waals surface area contributed by atoms with Gasteiger partial charge in [-0.05, 0) is 58.3 Å². The number of esters is 1. The minimum atomic E-state index is -1.12. The first-order valence-electron chi connectivity index (χ1n) is 13.2. The van der Waals surface area contributed by atoms with Crippen LogP contribution >= 0.6 is 0 Å². The van der Waals surface area contributed by atoms with E-state index < -0.39 is 46.6 Å². The number of hydrogen-bond acceptors (Lipinski definition) is 6. The van der Waals surface area contributed by atoms with Crippen molar-refractivity contribution in [1.29, 1.82) is 0 Å². The zero-order chi connectivity index (χ0) is 26.6. The fraction of sp³-hybridized carbons (Fsp3) is 0.889. The van der Waals surface area contributed by atoms with Crippen LogP contribution in [0, 0.1) is 23.2 Å². The Morgan fingerprint density at radius 3 is 2.37 bits per heavy atom. The summed E-state index contributed by atoms with van der Waals surface area (Å²) in [5.41, 5.74) is -2.52. The van der Waals surface area contributed by atoms with Crippen molar-refractivity contribution in [1.82, 2.24) is 10.2 Å². The molecule has 3 aliphatic heterocycles. The van der Waals surface area contributed by atoms with Gasteiger partial charge in [-0.1, -0.05) is 41.0 Å². The molecule has 3 aliphatic rings. The molecule has 2 unspecified atom stereocenters. The fourth-order valence-electron chi connectivity index (χ4n) is 7.20. The van der Waals surface area contributed by atoms with Crippen molar-refractivity contribution in [2.75, 3.05) is 13.2 Å². The van der Waals surface area contributed by atoms with Gasteiger partial charge in [0.25, 0.3) is 0 Å². The van der Waals surface area contributed by atoms with Gasteiger partial charge in [0.1, 0.15) is 17.6 Å². The van der Waals surface area contributed by atoms with E-state index in [2.05, 4.69) is 26.1 Å². The van der Waals surface area contributed by atoms with E-state index in [-0.39, 0.29) is 36.4 Å². The van der Waals surface area contributed by atoms with Crippen LogP contribution in [0.2, 0.25) is 0 Å². The maximum absolute atomic E-state index is 14.1. The number of carbonyl (C=O) groups is 3. The highest BCUT2D eigenvalue weighted by molar-refractivity contribution is 5.98. The molecule has 2 N–H and O–H groups in total. The van der Waals surface area contributed by atoms with Gasteiger partial charge in [-0.15, -0.1) is 0 Å². The highest BCUT2D eigenvalue weighted by Gasteiger charge is 2.79. The average molecular weight is 495 g/mol. The van der Waals surface area contributed by atoms with Crippen molar-refractivity contribution in [3.05, 3.63) is 0 Å². The minimum Gasteiger partial charge on any atom is -0.466 e. The molecule has 3 rings (SSSR count). The Bertz CT molecular complexity index is 851. The Morgan fingerprint density at radius 2 is 1.86 bits per heavy atom. The standard InChI is InChI=1S/C27H46N2O6/c1-10-16(3)17(14-30)29-20(21(31)28-25(7,8)15-24(4,5)6)27-13-12-26(9,35-27)19(18(27)22(29)32)23(33)34-11-2/h16-20,30H,10-15H2,1-9H3,(H,28,31)/t16-,17-,18-,19+,20?,26-,27?/m0/s1. The molecule has 200 valence electrons. The van der Waals surface area contributed by atoms with E-state index in [1.165, 1.54) is 0 Å². The van der Waals surface area contributed by atoms with Gasteiger partial charge in [0.05, 0.1) is 30.8 Å². The summed E-state index contributed by atoms with van der Waals surface area (Å²) in [7, 11) is 0. The van der Waals surface area contributed by atoms with Crippen molar-refractivity contribution in [3.63, 3.8) is 0 Å². The highest BCUT2D eigenvalue weighted by Crippen LogP contribution is 2.63. The van der Waals surface area contributed by atoms with Crippen molar-refractivity contribution >= 4 is 17.8 Å². The van der Waals surface area contributed by atoms with E-state index >= 15 is 0 Å². The molecule has 2 bridgehead atoms. The third-order valence-electron chi connectivity index (χ3n) is 8.28. The number of amides is 2. The topological polar surface area (TPSA) is 105 Å². The monoisotopic (exact) mass is 494 g/mol. The van der Waals surface area contributed by atoms with Crippen LogP contribution in [-0.4, -0.2) is 69.8 Å². The molecule has 0 aromatic rings. The zero-order valence-electron chi connectivity index (χ0n) is 23.1. The number of aliphatic hydroxyl groups is 1. The normalized spacial score (nSPS) is 34.1. The summed E-state index contributed by atoms with van der Waals surface area (Å²) in [5, 5.41) is 13.6. The van der Waals surface area contributed by atoms with E-state index in [4.69, 9.17) is 9.47 Å². The summed E-state index contributed by atoms with van der Waals surface area (Å²) in [6, 6.07) is -1.47. The first-order valence-corrected chi connectivity index (χ1v) is 13.2. The summed E-state index contributed by atoms with van der Waals surface area (Å²) in [6.45, 7) is 17.9. The lowest BCUT2D eigenvalue weighted by atomic mass is 9.66. The van der Waals surface area contributed by atoms with Crippen molar-refractivity contribution in [3.8, 4) is 0 Å². The SMILES string of the molecule is CCOC(=O)[C@H]1[C@H]2C(=O)N([C@@H](CO)[C@@H](C)CC)C(C(=O)NC(C)(C)CC(C)(C)C)C23CC[C@]1(C)O3. The molecule has 0 radical (unpaired) electrons. The molecule has 3 fully saturated rings. The molecule has 0 aromatic carbocycles. The molecule has 2 amide bonds. The molecule has 0 saturated carbocycles. The van der Waals surface area contributed by atoms with E-state index in [0.29, 0.717) is 12.8 Å². The summed E-state index contributed by atoms with van der Waals surface area (Å²) < 4.78 is 12.0. The Labute approximate surface area is 210 Å². The Morgan fingerprint density at radius 1 is 1.23 bits per heavy atom. The third kappa shape index (κ3) is 4.73.